The number of hydrogen-bond donors (Lipinski definition) is 1. The molecule has 5 aromatic rings. The third-order valence-electron chi connectivity index (χ3n) is 6.69. The number of benzene rings is 4. The predicted octanol–water partition coefficient (Wildman–Crippen LogP) is 6.44. The Morgan fingerprint density at radius 3 is 1.97 bits per heavy atom. The van der Waals surface area contributed by atoms with Gasteiger partial charge in [-0.1, -0.05) is 72.3 Å². The summed E-state index contributed by atoms with van der Waals surface area (Å²) in [5, 5.41) is 15.4. The van der Waals surface area contributed by atoms with Crippen LogP contribution in [0.25, 0.3) is 22.2 Å². The molecule has 1 heterocycles. The average molecular weight is 525 g/mol. The second-order valence-electron chi connectivity index (χ2n) is 9.15. The first-order chi connectivity index (χ1) is 18.7. The van der Waals surface area contributed by atoms with Crippen LogP contribution in [0.2, 0.25) is 5.02 Å². The van der Waals surface area contributed by atoms with Gasteiger partial charge in [-0.15, -0.1) is 0 Å². The summed E-state index contributed by atoms with van der Waals surface area (Å²) < 4.78 is 14.3. The summed E-state index contributed by atoms with van der Waals surface area (Å²) in [4.78, 5) is 14.1. The summed E-state index contributed by atoms with van der Waals surface area (Å²) in [6.45, 7) is 1.18. The Labute approximate surface area is 225 Å². The van der Waals surface area contributed by atoms with Gasteiger partial charge in [0.1, 0.15) is 30.4 Å². The Bertz CT molecular complexity index is 1630. The number of rotatable bonds is 9. The fraction of sp³-hybridized carbons (Fsp3) is 0.161. The van der Waals surface area contributed by atoms with Gasteiger partial charge in [0.25, 0.3) is 0 Å². The Balaban J connectivity index is 1.51. The lowest BCUT2D eigenvalue weighted by atomic mass is 9.86. The molecule has 0 spiro atoms. The summed E-state index contributed by atoms with van der Waals surface area (Å²) >= 11 is 6.62. The number of aliphatic hydroxyl groups excluding tert-OH is 1. The topological polar surface area (TPSA) is 73.6 Å². The Morgan fingerprint density at radius 1 is 0.763 bits per heavy atom. The number of ketones is 1. The van der Waals surface area contributed by atoms with Crippen LogP contribution in [0.3, 0.4) is 0 Å². The van der Waals surface area contributed by atoms with Crippen LogP contribution in [0.5, 0.6) is 11.5 Å². The number of hydrogen-bond acceptors (Lipinski definition) is 5. The number of carbonyl (C=O) groups excluding carboxylic acids is 1. The van der Waals surface area contributed by atoms with Crippen LogP contribution in [0, 0.1) is 0 Å². The minimum absolute atomic E-state index is 0.0373. The lowest BCUT2D eigenvalue weighted by molar-refractivity contribution is 0.103. The Hall–Kier alpha value is -4.13. The fourth-order valence-corrected chi connectivity index (χ4v) is 5.14. The van der Waals surface area contributed by atoms with Crippen molar-refractivity contribution in [2.24, 2.45) is 0 Å². The zero-order chi connectivity index (χ0) is 26.1. The molecule has 6 nitrogen and oxygen atoms in total. The number of ether oxygens (including phenoxy) is 2. The average Bonchev–Trinajstić information content (AvgIpc) is 3.32. The van der Waals surface area contributed by atoms with Crippen molar-refractivity contribution in [1.29, 1.82) is 0 Å². The number of aromatic nitrogens is 2. The van der Waals surface area contributed by atoms with Gasteiger partial charge in [-0.2, -0.15) is 5.10 Å². The van der Waals surface area contributed by atoms with Crippen molar-refractivity contribution < 1.29 is 19.4 Å². The maximum atomic E-state index is 14.1. The zero-order valence-electron chi connectivity index (χ0n) is 20.6. The van der Waals surface area contributed by atoms with Gasteiger partial charge in [0.15, 0.2) is 5.78 Å². The molecule has 38 heavy (non-hydrogen) atoms. The van der Waals surface area contributed by atoms with E-state index in [0.29, 0.717) is 70.5 Å². The second-order valence-corrected chi connectivity index (χ2v) is 9.56. The van der Waals surface area contributed by atoms with Gasteiger partial charge >= 0.3 is 0 Å². The third kappa shape index (κ3) is 4.32. The molecule has 6 rings (SSSR count). The van der Waals surface area contributed by atoms with Gasteiger partial charge in [-0.25, -0.2) is 0 Å². The molecular weight excluding hydrogens is 500 g/mol. The van der Waals surface area contributed by atoms with E-state index in [2.05, 4.69) is 0 Å². The van der Waals surface area contributed by atoms with Crippen molar-refractivity contribution in [1.82, 2.24) is 9.78 Å². The second kappa shape index (κ2) is 10.3. The van der Waals surface area contributed by atoms with Gasteiger partial charge in [-0.3, -0.25) is 9.48 Å². The quantitative estimate of drug-likeness (QED) is 0.235. The van der Waals surface area contributed by atoms with Gasteiger partial charge in [0.2, 0.25) is 0 Å². The molecule has 4 aromatic carbocycles. The Morgan fingerprint density at radius 2 is 1.37 bits per heavy atom. The first-order valence-corrected chi connectivity index (χ1v) is 12.9. The van der Waals surface area contributed by atoms with E-state index in [1.165, 1.54) is 0 Å². The zero-order valence-corrected chi connectivity index (χ0v) is 21.3. The van der Waals surface area contributed by atoms with Gasteiger partial charge in [0.05, 0.1) is 27.2 Å². The highest BCUT2D eigenvalue weighted by Crippen LogP contribution is 2.48. The molecule has 190 valence electrons. The van der Waals surface area contributed by atoms with Gasteiger partial charge in [0, 0.05) is 18.5 Å². The largest absolute Gasteiger partial charge is 0.488 e. The number of aryl methyl sites for hydroxylation is 1. The highest BCUT2D eigenvalue weighted by atomic mass is 35.5. The SMILES string of the molecule is O=C1c2c(OCc3ccccc3)ccc(OCc3ccccc3)c2-c2nn(CCCO)c3ccc(Cl)c1c23. The standard InChI is InChI=1S/C31H25ClN2O4/c32-22-12-13-23-27-26(22)31(36)29-25(38-19-21-10-5-2-6-11-21)15-14-24(37-18-20-8-3-1-4-9-20)28(29)30(27)33-34(23)16-7-17-35/h1-6,8-15,35H,7,16-19H2. The minimum Gasteiger partial charge on any atom is -0.488 e. The van der Waals surface area contributed by atoms with Crippen LogP contribution in [0.1, 0.15) is 33.5 Å². The van der Waals surface area contributed by atoms with E-state index in [9.17, 15) is 9.90 Å². The molecule has 1 N–H and O–H groups in total. The van der Waals surface area contributed by atoms with E-state index in [0.717, 1.165) is 16.6 Å². The van der Waals surface area contributed by atoms with Crippen LogP contribution < -0.4 is 9.47 Å². The number of nitrogens with zero attached hydrogens (tertiary/aromatic N) is 2. The molecule has 0 bridgehead atoms. The summed E-state index contributed by atoms with van der Waals surface area (Å²) in [6.07, 6.45) is 0.534. The molecule has 0 saturated carbocycles. The summed E-state index contributed by atoms with van der Waals surface area (Å²) in [6, 6.07) is 26.9. The molecule has 0 atom stereocenters. The van der Waals surface area contributed by atoms with Gasteiger partial charge < -0.3 is 14.6 Å². The van der Waals surface area contributed by atoms with E-state index < -0.39 is 0 Å². The first-order valence-electron chi connectivity index (χ1n) is 12.5. The monoisotopic (exact) mass is 524 g/mol. The fourth-order valence-electron chi connectivity index (χ4n) is 4.89. The van der Waals surface area contributed by atoms with E-state index in [1.807, 2.05) is 77.5 Å². The van der Waals surface area contributed by atoms with Gasteiger partial charge in [-0.05, 0) is 41.8 Å². The molecule has 0 fully saturated rings. The number of fused-ring (bicyclic) bond motifs is 2. The number of carbonyl (C=O) groups is 1. The van der Waals surface area contributed by atoms with Crippen molar-refractivity contribution in [2.75, 3.05) is 6.61 Å². The maximum Gasteiger partial charge on any atom is 0.199 e. The summed E-state index contributed by atoms with van der Waals surface area (Å²) in [5.74, 6) is 0.770. The molecule has 0 saturated heterocycles. The normalized spacial score (nSPS) is 12.0. The molecular formula is C31H25ClN2O4. The molecule has 0 unspecified atom stereocenters. The van der Waals surface area contributed by atoms with Crippen molar-refractivity contribution in [3.8, 4) is 22.8 Å². The number of aliphatic hydroxyl groups is 1. The maximum absolute atomic E-state index is 14.1. The molecule has 0 aliphatic heterocycles. The summed E-state index contributed by atoms with van der Waals surface area (Å²) in [7, 11) is 0. The van der Waals surface area contributed by atoms with E-state index in [1.54, 1.807) is 12.1 Å². The molecule has 0 radical (unpaired) electrons. The van der Waals surface area contributed by atoms with Crippen LogP contribution in [0.4, 0.5) is 0 Å². The van der Waals surface area contributed by atoms with E-state index in [4.69, 9.17) is 26.2 Å². The lowest BCUT2D eigenvalue weighted by Gasteiger charge is -2.22. The van der Waals surface area contributed by atoms with Crippen LogP contribution >= 0.6 is 11.6 Å². The molecule has 7 heteroatoms. The molecule has 1 aromatic heterocycles. The van der Waals surface area contributed by atoms with E-state index >= 15 is 0 Å². The third-order valence-corrected chi connectivity index (χ3v) is 7.01. The van der Waals surface area contributed by atoms with Crippen LogP contribution in [-0.4, -0.2) is 27.3 Å². The van der Waals surface area contributed by atoms with Crippen LogP contribution in [-0.2, 0) is 19.8 Å². The van der Waals surface area contributed by atoms with Crippen molar-refractivity contribution in [3.63, 3.8) is 0 Å². The smallest absolute Gasteiger partial charge is 0.199 e. The lowest BCUT2D eigenvalue weighted by Crippen LogP contribution is -2.14. The predicted molar refractivity (Wildman–Crippen MR) is 147 cm³/mol. The Kier molecular flexibility index (Phi) is 6.58. The van der Waals surface area contributed by atoms with Crippen LogP contribution in [0.15, 0.2) is 84.9 Å². The molecule has 0 amide bonds. The molecule has 1 aliphatic rings. The number of halogens is 1. The van der Waals surface area contributed by atoms with E-state index in [-0.39, 0.29) is 12.4 Å². The van der Waals surface area contributed by atoms with Crippen molar-refractivity contribution in [2.45, 2.75) is 26.2 Å². The summed E-state index contributed by atoms with van der Waals surface area (Å²) in [5.41, 5.74) is 4.80. The highest BCUT2D eigenvalue weighted by Gasteiger charge is 2.35. The van der Waals surface area contributed by atoms with Crippen molar-refractivity contribution >= 4 is 28.3 Å². The van der Waals surface area contributed by atoms with Crippen molar-refractivity contribution in [3.05, 3.63) is 112 Å². The first kappa shape index (κ1) is 24.2. The highest BCUT2D eigenvalue weighted by molar-refractivity contribution is 6.39. The molecule has 1 aliphatic carbocycles. The minimum atomic E-state index is -0.224.